The summed E-state index contributed by atoms with van der Waals surface area (Å²) in [5.41, 5.74) is 2.56. The molecule has 1 N–H and O–H groups in total. The molecule has 2 heterocycles. The van der Waals surface area contributed by atoms with Crippen molar-refractivity contribution in [2.24, 2.45) is 0 Å². The zero-order chi connectivity index (χ0) is 19.7. The Bertz CT molecular complexity index is 1150. The molecule has 0 bridgehead atoms. The topological polar surface area (TPSA) is 59.3 Å². The van der Waals surface area contributed by atoms with E-state index in [1.807, 2.05) is 29.6 Å². The molecule has 4 aromatic rings. The first-order chi connectivity index (χ1) is 13.5. The SMILES string of the molecule is O=C(CCc1ccc(Cl)cc1)Nc1nc2scc(-c3cc(Cl)ccc3Cl)n2n1. The number of aryl methyl sites for hydroxylation is 1. The largest absolute Gasteiger partial charge is 0.293 e. The molecule has 28 heavy (non-hydrogen) atoms. The minimum Gasteiger partial charge on any atom is -0.293 e. The number of hydrogen-bond acceptors (Lipinski definition) is 4. The van der Waals surface area contributed by atoms with Crippen molar-refractivity contribution in [1.29, 1.82) is 0 Å². The van der Waals surface area contributed by atoms with Crippen molar-refractivity contribution < 1.29 is 4.79 Å². The molecule has 0 aliphatic carbocycles. The van der Waals surface area contributed by atoms with Crippen molar-refractivity contribution in [1.82, 2.24) is 14.6 Å². The third kappa shape index (κ3) is 4.15. The normalized spacial score (nSPS) is 11.1. The lowest BCUT2D eigenvalue weighted by atomic mass is 10.1. The van der Waals surface area contributed by atoms with E-state index >= 15 is 0 Å². The van der Waals surface area contributed by atoms with Crippen LogP contribution < -0.4 is 5.32 Å². The second-order valence-electron chi connectivity index (χ2n) is 6.05. The van der Waals surface area contributed by atoms with Gasteiger partial charge in [-0.05, 0) is 42.3 Å². The van der Waals surface area contributed by atoms with Crippen molar-refractivity contribution >= 4 is 63.0 Å². The van der Waals surface area contributed by atoms with Gasteiger partial charge in [-0.3, -0.25) is 10.1 Å². The molecule has 0 saturated carbocycles. The highest BCUT2D eigenvalue weighted by Crippen LogP contribution is 2.33. The average molecular weight is 452 g/mol. The van der Waals surface area contributed by atoms with E-state index in [9.17, 15) is 4.79 Å². The van der Waals surface area contributed by atoms with E-state index in [-0.39, 0.29) is 11.9 Å². The molecule has 1 amide bonds. The summed E-state index contributed by atoms with van der Waals surface area (Å²) >= 11 is 19.7. The van der Waals surface area contributed by atoms with Gasteiger partial charge in [0.15, 0.2) is 0 Å². The number of nitrogens with one attached hydrogen (secondary N) is 1. The van der Waals surface area contributed by atoms with E-state index in [2.05, 4.69) is 15.4 Å². The smallest absolute Gasteiger partial charge is 0.250 e. The Hall–Kier alpha value is -2.12. The highest BCUT2D eigenvalue weighted by molar-refractivity contribution is 7.15. The number of fused-ring (bicyclic) bond motifs is 1. The molecule has 0 aliphatic heterocycles. The number of carbonyl (C=O) groups excluding carboxylic acids is 1. The van der Waals surface area contributed by atoms with Gasteiger partial charge in [0.1, 0.15) is 0 Å². The van der Waals surface area contributed by atoms with Crippen LogP contribution in [-0.2, 0) is 11.2 Å². The molecule has 0 radical (unpaired) electrons. The monoisotopic (exact) mass is 450 g/mol. The molecular formula is C19H13Cl3N4OS. The summed E-state index contributed by atoms with van der Waals surface area (Å²) in [4.78, 5) is 17.3. The number of thiazole rings is 1. The summed E-state index contributed by atoms with van der Waals surface area (Å²) in [5.74, 6) is 0.0999. The number of hydrogen-bond donors (Lipinski definition) is 1. The number of aromatic nitrogens is 3. The quantitative estimate of drug-likeness (QED) is 0.405. The molecule has 9 heteroatoms. The number of benzene rings is 2. The molecule has 0 spiro atoms. The van der Waals surface area contributed by atoms with Crippen LogP contribution in [0.25, 0.3) is 16.2 Å². The molecule has 0 atom stereocenters. The lowest BCUT2D eigenvalue weighted by molar-refractivity contribution is -0.116. The Morgan fingerprint density at radius 3 is 2.61 bits per heavy atom. The van der Waals surface area contributed by atoms with Gasteiger partial charge in [-0.2, -0.15) is 4.98 Å². The van der Waals surface area contributed by atoms with Crippen LogP contribution in [0.3, 0.4) is 0 Å². The predicted octanol–water partition coefficient (Wildman–Crippen LogP) is 5.99. The summed E-state index contributed by atoms with van der Waals surface area (Å²) in [6, 6.07) is 12.7. The van der Waals surface area contributed by atoms with Gasteiger partial charge in [0.25, 0.3) is 0 Å². The van der Waals surface area contributed by atoms with Crippen molar-refractivity contribution in [2.45, 2.75) is 12.8 Å². The van der Waals surface area contributed by atoms with Crippen LogP contribution >= 0.6 is 46.1 Å². The summed E-state index contributed by atoms with van der Waals surface area (Å²) < 4.78 is 1.65. The Balaban J connectivity index is 1.49. The van der Waals surface area contributed by atoms with E-state index in [1.54, 1.807) is 22.7 Å². The standard InChI is InChI=1S/C19H13Cl3N4OS/c20-12-4-1-11(2-5-12)3-8-17(27)23-18-24-19-26(25-18)16(10-28-19)14-9-13(21)6-7-15(14)22/h1-2,4-7,9-10H,3,8H2,(H,23,25,27). The second kappa shape index (κ2) is 8.09. The second-order valence-corrected chi connectivity index (χ2v) is 8.17. The predicted molar refractivity (Wildman–Crippen MR) is 115 cm³/mol. The first kappa shape index (κ1) is 19.2. The zero-order valence-electron chi connectivity index (χ0n) is 14.3. The molecule has 4 rings (SSSR count). The Morgan fingerprint density at radius 2 is 1.82 bits per heavy atom. The van der Waals surface area contributed by atoms with Crippen LogP contribution in [-0.4, -0.2) is 20.5 Å². The van der Waals surface area contributed by atoms with Gasteiger partial charge in [-0.25, -0.2) is 4.52 Å². The van der Waals surface area contributed by atoms with Crippen molar-refractivity contribution in [3.05, 3.63) is 68.5 Å². The van der Waals surface area contributed by atoms with Crippen molar-refractivity contribution in [2.75, 3.05) is 5.32 Å². The number of rotatable bonds is 5. The maximum absolute atomic E-state index is 12.2. The lowest BCUT2D eigenvalue weighted by Crippen LogP contribution is -2.13. The lowest BCUT2D eigenvalue weighted by Gasteiger charge is -2.03. The molecule has 0 unspecified atom stereocenters. The molecule has 0 aliphatic rings. The number of nitrogens with zero attached hydrogens (tertiary/aromatic N) is 3. The summed E-state index contributed by atoms with van der Waals surface area (Å²) in [7, 11) is 0. The number of carbonyl (C=O) groups is 1. The molecule has 2 aromatic heterocycles. The molecule has 142 valence electrons. The Labute approximate surface area is 179 Å². The van der Waals surface area contributed by atoms with E-state index in [4.69, 9.17) is 34.8 Å². The number of anilines is 1. The number of halogens is 3. The van der Waals surface area contributed by atoms with Gasteiger partial charge < -0.3 is 0 Å². The van der Waals surface area contributed by atoms with Gasteiger partial charge in [-0.1, -0.05) is 46.9 Å². The third-order valence-corrected chi connectivity index (χ3v) is 5.72. The molecular weight excluding hydrogens is 439 g/mol. The van der Waals surface area contributed by atoms with Gasteiger partial charge in [0.2, 0.25) is 16.8 Å². The fourth-order valence-corrected chi connectivity index (χ4v) is 4.04. The first-order valence-electron chi connectivity index (χ1n) is 8.33. The van der Waals surface area contributed by atoms with Crippen LogP contribution in [0, 0.1) is 0 Å². The Morgan fingerprint density at radius 1 is 1.07 bits per heavy atom. The van der Waals surface area contributed by atoms with Gasteiger partial charge in [-0.15, -0.1) is 16.4 Å². The zero-order valence-corrected chi connectivity index (χ0v) is 17.4. The fraction of sp³-hybridized carbons (Fsp3) is 0.105. The average Bonchev–Trinajstić information content (AvgIpc) is 3.23. The van der Waals surface area contributed by atoms with Crippen molar-refractivity contribution in [3.8, 4) is 11.3 Å². The van der Waals surface area contributed by atoms with Crippen LogP contribution in [0.15, 0.2) is 47.8 Å². The maximum atomic E-state index is 12.2. The number of amides is 1. The van der Waals surface area contributed by atoms with E-state index in [0.717, 1.165) is 16.8 Å². The minimum absolute atomic E-state index is 0.157. The minimum atomic E-state index is -0.157. The third-order valence-electron chi connectivity index (χ3n) is 4.09. The molecule has 2 aromatic carbocycles. The van der Waals surface area contributed by atoms with E-state index in [1.165, 1.54) is 11.3 Å². The van der Waals surface area contributed by atoms with Gasteiger partial charge >= 0.3 is 0 Å². The van der Waals surface area contributed by atoms with Crippen LogP contribution in [0.5, 0.6) is 0 Å². The van der Waals surface area contributed by atoms with Crippen LogP contribution in [0.4, 0.5) is 5.95 Å². The molecule has 5 nitrogen and oxygen atoms in total. The highest BCUT2D eigenvalue weighted by Gasteiger charge is 2.15. The summed E-state index contributed by atoms with van der Waals surface area (Å²) in [6.07, 6.45) is 0.927. The Kier molecular flexibility index (Phi) is 5.55. The summed E-state index contributed by atoms with van der Waals surface area (Å²) in [6.45, 7) is 0. The molecule has 0 saturated heterocycles. The molecule has 0 fully saturated rings. The highest BCUT2D eigenvalue weighted by atomic mass is 35.5. The van der Waals surface area contributed by atoms with Crippen LogP contribution in [0.2, 0.25) is 15.1 Å². The van der Waals surface area contributed by atoms with E-state index in [0.29, 0.717) is 32.9 Å². The van der Waals surface area contributed by atoms with Gasteiger partial charge in [0.05, 0.1) is 10.7 Å². The summed E-state index contributed by atoms with van der Waals surface area (Å²) in [5, 5.41) is 10.9. The maximum Gasteiger partial charge on any atom is 0.250 e. The van der Waals surface area contributed by atoms with Crippen molar-refractivity contribution in [3.63, 3.8) is 0 Å². The van der Waals surface area contributed by atoms with Crippen LogP contribution in [0.1, 0.15) is 12.0 Å². The first-order valence-corrected chi connectivity index (χ1v) is 10.3. The van der Waals surface area contributed by atoms with E-state index < -0.39 is 0 Å². The van der Waals surface area contributed by atoms with Gasteiger partial charge in [0, 0.05) is 27.4 Å². The fourth-order valence-electron chi connectivity index (χ4n) is 2.71.